The number of carbonyl (C=O) groups excluding carboxylic acids is 1. The maximum Gasteiger partial charge on any atom is 0.267 e. The molecule has 3 aromatic carbocycles. The Morgan fingerprint density at radius 3 is 2.54 bits per heavy atom. The van der Waals surface area contributed by atoms with Gasteiger partial charge in [-0.1, -0.05) is 54.1 Å². The number of aromatic hydroxyl groups is 1. The Morgan fingerprint density at radius 2 is 1.86 bits per heavy atom. The van der Waals surface area contributed by atoms with Gasteiger partial charge < -0.3 is 9.84 Å². The molecule has 1 saturated heterocycles. The molecule has 178 valence electrons. The zero-order chi connectivity index (χ0) is 24.8. The lowest BCUT2D eigenvalue weighted by molar-refractivity contribution is -0.122. The number of allylic oxidation sites excluding steroid dienone is 1. The van der Waals surface area contributed by atoms with Gasteiger partial charge in [-0.2, -0.15) is 0 Å². The molecule has 0 bridgehead atoms. The zero-order valence-corrected chi connectivity index (χ0v) is 20.7. The predicted octanol–water partition coefficient (Wildman–Crippen LogP) is 6.63. The molecular formula is C29H28N2O3S. The Bertz CT molecular complexity index is 1280. The smallest absolute Gasteiger partial charge is 0.267 e. The highest BCUT2D eigenvalue weighted by Gasteiger charge is 2.33. The first-order valence-corrected chi connectivity index (χ1v) is 12.3. The molecule has 5 nitrogen and oxygen atoms in total. The summed E-state index contributed by atoms with van der Waals surface area (Å²) in [5.41, 5.74) is 4.44. The minimum Gasteiger partial charge on any atom is -0.504 e. The molecule has 1 N–H and O–H groups in total. The first kappa shape index (κ1) is 24.4. The van der Waals surface area contributed by atoms with E-state index >= 15 is 0 Å². The van der Waals surface area contributed by atoms with Crippen LogP contribution in [-0.2, 0) is 17.8 Å². The van der Waals surface area contributed by atoms with Crippen molar-refractivity contribution in [2.75, 3.05) is 6.61 Å². The van der Waals surface area contributed by atoms with Gasteiger partial charge in [0.05, 0.1) is 23.7 Å². The fourth-order valence-corrected chi connectivity index (χ4v) is 4.72. The molecule has 0 unspecified atom stereocenters. The number of hydrogen-bond acceptors (Lipinski definition) is 5. The monoisotopic (exact) mass is 484 g/mol. The third-order valence-electron chi connectivity index (χ3n) is 5.47. The van der Waals surface area contributed by atoms with E-state index in [0.29, 0.717) is 41.0 Å². The molecule has 0 saturated carbocycles. The molecule has 0 atom stereocenters. The summed E-state index contributed by atoms with van der Waals surface area (Å²) in [6.07, 6.45) is 4.05. The van der Waals surface area contributed by atoms with Crippen LogP contribution in [0, 0.1) is 6.92 Å². The van der Waals surface area contributed by atoms with E-state index in [2.05, 4.69) is 6.58 Å². The van der Waals surface area contributed by atoms with Crippen LogP contribution < -0.4 is 4.74 Å². The summed E-state index contributed by atoms with van der Waals surface area (Å²) < 4.78 is 5.63. The van der Waals surface area contributed by atoms with Crippen LogP contribution in [0.25, 0.3) is 6.08 Å². The van der Waals surface area contributed by atoms with Crippen LogP contribution in [0.1, 0.15) is 29.2 Å². The number of nitrogens with zero attached hydrogens (tertiary/aromatic N) is 2. The summed E-state index contributed by atoms with van der Waals surface area (Å²) in [6.45, 7) is 8.52. The number of aryl methyl sites for hydroxylation is 1. The van der Waals surface area contributed by atoms with E-state index in [-0.39, 0.29) is 11.7 Å². The van der Waals surface area contributed by atoms with Gasteiger partial charge >= 0.3 is 0 Å². The number of benzene rings is 3. The molecule has 0 spiro atoms. The molecule has 0 aliphatic carbocycles. The van der Waals surface area contributed by atoms with Crippen LogP contribution in [0.3, 0.4) is 0 Å². The molecule has 3 aromatic rings. The highest BCUT2D eigenvalue weighted by molar-refractivity contribution is 8.18. The van der Waals surface area contributed by atoms with Crippen LogP contribution in [0.2, 0.25) is 0 Å². The van der Waals surface area contributed by atoms with Crippen LogP contribution in [0.5, 0.6) is 11.5 Å². The Labute approximate surface area is 210 Å². The number of amidine groups is 1. The van der Waals surface area contributed by atoms with Crippen molar-refractivity contribution in [3.05, 3.63) is 107 Å². The minimum atomic E-state index is -0.110. The third kappa shape index (κ3) is 5.84. The van der Waals surface area contributed by atoms with Crippen molar-refractivity contribution in [1.29, 1.82) is 0 Å². The summed E-state index contributed by atoms with van der Waals surface area (Å²) in [7, 11) is 0. The first-order valence-electron chi connectivity index (χ1n) is 11.5. The molecule has 1 aliphatic rings. The standard InChI is InChI=1S/C29H28N2O3S/c1-4-9-23-16-22(17-25(27(23)32)34-5-2)18-26-28(33)31(19-21-10-7-6-8-11-21)29(35-26)30-24-14-12-20(3)13-15-24/h4,6-8,10-18,32H,1,5,9,19H2,2-3H3/b26-18+,30-29?. The van der Waals surface area contributed by atoms with Crippen molar-refractivity contribution in [2.45, 2.75) is 26.8 Å². The number of ether oxygens (including phenoxy) is 1. The molecule has 1 aliphatic heterocycles. The normalized spacial score (nSPS) is 15.7. The number of phenolic OH excluding ortho intramolecular Hbond substituents is 1. The van der Waals surface area contributed by atoms with E-state index in [1.165, 1.54) is 11.8 Å². The fourth-order valence-electron chi connectivity index (χ4n) is 3.73. The Balaban J connectivity index is 1.73. The number of carbonyl (C=O) groups is 1. The molecule has 1 heterocycles. The number of phenols is 1. The van der Waals surface area contributed by atoms with Gasteiger partial charge in [-0.05, 0) is 73.5 Å². The second-order valence-electron chi connectivity index (χ2n) is 8.17. The van der Waals surface area contributed by atoms with Gasteiger partial charge in [-0.15, -0.1) is 6.58 Å². The Hall–Kier alpha value is -3.77. The van der Waals surface area contributed by atoms with Gasteiger partial charge in [0.2, 0.25) is 0 Å². The number of rotatable bonds is 8. The van der Waals surface area contributed by atoms with E-state index in [0.717, 1.165) is 22.4 Å². The second kappa shape index (κ2) is 11.1. The van der Waals surface area contributed by atoms with Crippen molar-refractivity contribution in [1.82, 2.24) is 4.90 Å². The SMILES string of the molecule is C=CCc1cc(/C=C2/SC(=Nc3ccc(C)cc3)N(Cc3ccccc3)C2=O)cc(OCC)c1O. The van der Waals surface area contributed by atoms with Gasteiger partial charge in [-0.3, -0.25) is 9.69 Å². The van der Waals surface area contributed by atoms with E-state index in [9.17, 15) is 9.90 Å². The van der Waals surface area contributed by atoms with Crippen molar-refractivity contribution < 1.29 is 14.6 Å². The maximum atomic E-state index is 13.5. The van der Waals surface area contributed by atoms with Gasteiger partial charge in [0.1, 0.15) is 0 Å². The van der Waals surface area contributed by atoms with E-state index in [1.54, 1.807) is 17.0 Å². The molecule has 35 heavy (non-hydrogen) atoms. The molecule has 6 heteroatoms. The maximum absolute atomic E-state index is 13.5. The van der Waals surface area contributed by atoms with Gasteiger partial charge in [0, 0.05) is 5.56 Å². The molecule has 0 aromatic heterocycles. The molecule has 0 radical (unpaired) electrons. The molecule has 4 rings (SSSR count). The zero-order valence-electron chi connectivity index (χ0n) is 19.9. The van der Waals surface area contributed by atoms with Crippen LogP contribution in [0.4, 0.5) is 5.69 Å². The van der Waals surface area contributed by atoms with Gasteiger partial charge in [0.25, 0.3) is 5.91 Å². The number of aliphatic imine (C=N–C) groups is 1. The number of hydrogen-bond donors (Lipinski definition) is 1. The average Bonchev–Trinajstić information content (AvgIpc) is 3.13. The first-order chi connectivity index (χ1) is 17.0. The predicted molar refractivity (Wildman–Crippen MR) is 144 cm³/mol. The van der Waals surface area contributed by atoms with Crippen LogP contribution in [0.15, 0.2) is 89.3 Å². The number of amides is 1. The Morgan fingerprint density at radius 1 is 1.11 bits per heavy atom. The largest absolute Gasteiger partial charge is 0.504 e. The highest BCUT2D eigenvalue weighted by Crippen LogP contribution is 2.38. The van der Waals surface area contributed by atoms with Crippen LogP contribution >= 0.6 is 11.8 Å². The minimum absolute atomic E-state index is 0.103. The lowest BCUT2D eigenvalue weighted by Crippen LogP contribution is -2.28. The fraction of sp³-hybridized carbons (Fsp3) is 0.172. The van der Waals surface area contributed by atoms with E-state index in [4.69, 9.17) is 9.73 Å². The van der Waals surface area contributed by atoms with Crippen molar-refractivity contribution >= 4 is 34.6 Å². The summed E-state index contributed by atoms with van der Waals surface area (Å²) in [5, 5.41) is 11.2. The molecular weight excluding hydrogens is 456 g/mol. The van der Waals surface area contributed by atoms with Crippen molar-refractivity contribution in [2.24, 2.45) is 4.99 Å². The second-order valence-corrected chi connectivity index (χ2v) is 9.18. The van der Waals surface area contributed by atoms with Crippen molar-refractivity contribution in [3.63, 3.8) is 0 Å². The van der Waals surface area contributed by atoms with Crippen molar-refractivity contribution in [3.8, 4) is 11.5 Å². The summed E-state index contributed by atoms with van der Waals surface area (Å²) in [5.74, 6) is 0.386. The lowest BCUT2D eigenvalue weighted by Gasteiger charge is -2.15. The molecule has 1 fully saturated rings. The quantitative estimate of drug-likeness (QED) is 0.288. The highest BCUT2D eigenvalue weighted by atomic mass is 32.2. The summed E-state index contributed by atoms with van der Waals surface area (Å²) in [6, 6.07) is 21.4. The van der Waals surface area contributed by atoms with E-state index in [1.807, 2.05) is 80.6 Å². The lowest BCUT2D eigenvalue weighted by atomic mass is 10.1. The van der Waals surface area contributed by atoms with Gasteiger partial charge in [-0.25, -0.2) is 4.99 Å². The van der Waals surface area contributed by atoms with Crippen LogP contribution in [-0.4, -0.2) is 27.7 Å². The number of thioether (sulfide) groups is 1. The average molecular weight is 485 g/mol. The summed E-state index contributed by atoms with van der Waals surface area (Å²) >= 11 is 1.35. The van der Waals surface area contributed by atoms with Gasteiger partial charge in [0.15, 0.2) is 16.7 Å². The summed E-state index contributed by atoms with van der Waals surface area (Å²) in [4.78, 5) is 20.6. The topological polar surface area (TPSA) is 62.1 Å². The third-order valence-corrected chi connectivity index (χ3v) is 6.48. The Kier molecular flexibility index (Phi) is 7.73. The van der Waals surface area contributed by atoms with E-state index < -0.39 is 0 Å². The molecule has 1 amide bonds.